The minimum absolute atomic E-state index is 0.0777. The van der Waals surface area contributed by atoms with E-state index in [0.29, 0.717) is 6.54 Å². The molecule has 0 bridgehead atoms. The van der Waals surface area contributed by atoms with Crippen molar-refractivity contribution in [1.29, 1.82) is 0 Å². The van der Waals surface area contributed by atoms with E-state index in [1.54, 1.807) is 10.4 Å². The van der Waals surface area contributed by atoms with Crippen molar-refractivity contribution in [1.82, 2.24) is 9.29 Å². The highest BCUT2D eigenvalue weighted by Gasteiger charge is 2.33. The molecule has 2 rings (SSSR count). The molecule has 1 aromatic rings. The molecule has 5 nitrogen and oxygen atoms in total. The van der Waals surface area contributed by atoms with E-state index in [4.69, 9.17) is 5.73 Å². The van der Waals surface area contributed by atoms with Crippen molar-refractivity contribution in [3.63, 3.8) is 0 Å². The van der Waals surface area contributed by atoms with Crippen LogP contribution in [0.2, 0.25) is 0 Å². The van der Waals surface area contributed by atoms with Gasteiger partial charge >= 0.3 is 0 Å². The van der Waals surface area contributed by atoms with E-state index in [9.17, 15) is 8.42 Å². The summed E-state index contributed by atoms with van der Waals surface area (Å²) in [4.78, 5) is 3.98. The zero-order valence-corrected chi connectivity index (χ0v) is 11.4. The van der Waals surface area contributed by atoms with E-state index in [-0.39, 0.29) is 16.8 Å². The molecule has 0 aliphatic heterocycles. The summed E-state index contributed by atoms with van der Waals surface area (Å²) in [6, 6.07) is 3.24. The fourth-order valence-corrected chi connectivity index (χ4v) is 4.33. The van der Waals surface area contributed by atoms with Crippen LogP contribution in [0.1, 0.15) is 32.6 Å². The second-order valence-corrected chi connectivity index (χ2v) is 6.39. The number of hydrogen-bond acceptors (Lipinski definition) is 4. The van der Waals surface area contributed by atoms with Gasteiger partial charge in [0.25, 0.3) is 0 Å². The third-order valence-electron chi connectivity index (χ3n) is 3.43. The first-order valence-corrected chi connectivity index (χ1v) is 7.73. The number of nitrogen functional groups attached to an aromatic ring is 1. The Morgan fingerprint density at radius 1 is 1.44 bits per heavy atom. The Hall–Kier alpha value is -1.14. The van der Waals surface area contributed by atoms with Crippen molar-refractivity contribution >= 4 is 15.8 Å². The lowest BCUT2D eigenvalue weighted by atomic mass is 10.2. The lowest BCUT2D eigenvalue weighted by Gasteiger charge is -2.26. The number of aromatic nitrogens is 1. The van der Waals surface area contributed by atoms with Crippen LogP contribution in [0.4, 0.5) is 5.82 Å². The Bertz CT molecular complexity index is 510. The molecule has 0 aromatic carbocycles. The molecule has 1 aliphatic rings. The molecule has 1 aliphatic carbocycles. The molecule has 18 heavy (non-hydrogen) atoms. The van der Waals surface area contributed by atoms with Gasteiger partial charge in [0.05, 0.1) is 0 Å². The number of nitrogens with two attached hydrogens (primary N) is 1. The maximum absolute atomic E-state index is 12.6. The minimum atomic E-state index is -3.52. The summed E-state index contributed by atoms with van der Waals surface area (Å²) >= 11 is 0. The second kappa shape index (κ2) is 5.24. The Kier molecular flexibility index (Phi) is 3.87. The van der Waals surface area contributed by atoms with Gasteiger partial charge in [-0.05, 0) is 25.0 Å². The highest BCUT2D eigenvalue weighted by Crippen LogP contribution is 2.29. The van der Waals surface area contributed by atoms with Crippen molar-refractivity contribution in [3.05, 3.63) is 18.3 Å². The average Bonchev–Trinajstić information content (AvgIpc) is 2.83. The van der Waals surface area contributed by atoms with Gasteiger partial charge in [0.1, 0.15) is 10.7 Å². The van der Waals surface area contributed by atoms with E-state index < -0.39 is 10.0 Å². The largest absolute Gasteiger partial charge is 0.383 e. The van der Waals surface area contributed by atoms with Crippen molar-refractivity contribution in [2.24, 2.45) is 0 Å². The Morgan fingerprint density at radius 3 is 2.67 bits per heavy atom. The highest BCUT2D eigenvalue weighted by molar-refractivity contribution is 7.89. The number of hydrogen-bond donors (Lipinski definition) is 1. The molecule has 0 radical (unpaired) electrons. The maximum atomic E-state index is 12.6. The van der Waals surface area contributed by atoms with Gasteiger partial charge in [-0.25, -0.2) is 13.4 Å². The predicted octanol–water partition coefficient (Wildman–Crippen LogP) is 1.62. The maximum Gasteiger partial charge on any atom is 0.246 e. The minimum Gasteiger partial charge on any atom is -0.383 e. The van der Waals surface area contributed by atoms with E-state index >= 15 is 0 Å². The number of rotatable bonds is 4. The predicted molar refractivity (Wildman–Crippen MR) is 70.5 cm³/mol. The van der Waals surface area contributed by atoms with Crippen LogP contribution in [0, 0.1) is 0 Å². The Morgan fingerprint density at radius 2 is 2.11 bits per heavy atom. The van der Waals surface area contributed by atoms with Crippen molar-refractivity contribution in [3.8, 4) is 0 Å². The normalized spacial score (nSPS) is 17.4. The molecular formula is C12H19N3O2S. The van der Waals surface area contributed by atoms with E-state index in [1.807, 2.05) is 6.92 Å². The lowest BCUT2D eigenvalue weighted by molar-refractivity contribution is 0.335. The molecule has 100 valence electrons. The van der Waals surface area contributed by atoms with Crippen LogP contribution in [-0.4, -0.2) is 30.3 Å². The average molecular weight is 269 g/mol. The van der Waals surface area contributed by atoms with Crippen molar-refractivity contribution < 1.29 is 8.42 Å². The third-order valence-corrected chi connectivity index (χ3v) is 5.50. The molecule has 0 unspecified atom stereocenters. The molecule has 0 atom stereocenters. The lowest BCUT2D eigenvalue weighted by Crippen LogP contribution is -2.38. The van der Waals surface area contributed by atoms with Crippen LogP contribution in [0.15, 0.2) is 23.2 Å². The van der Waals surface area contributed by atoms with E-state index in [0.717, 1.165) is 25.7 Å². The van der Waals surface area contributed by atoms with Crippen molar-refractivity contribution in [2.75, 3.05) is 12.3 Å². The summed E-state index contributed by atoms with van der Waals surface area (Å²) in [5.74, 6) is 0.0777. The zero-order valence-electron chi connectivity index (χ0n) is 10.5. The van der Waals surface area contributed by atoms with Crippen LogP contribution in [-0.2, 0) is 10.0 Å². The van der Waals surface area contributed by atoms with Gasteiger partial charge in [-0.2, -0.15) is 4.31 Å². The van der Waals surface area contributed by atoms with Gasteiger partial charge in [0.15, 0.2) is 0 Å². The highest BCUT2D eigenvalue weighted by atomic mass is 32.2. The van der Waals surface area contributed by atoms with Gasteiger partial charge in [0, 0.05) is 18.8 Å². The van der Waals surface area contributed by atoms with Crippen LogP contribution in [0.5, 0.6) is 0 Å². The van der Waals surface area contributed by atoms with Crippen LogP contribution >= 0.6 is 0 Å². The van der Waals surface area contributed by atoms with Crippen LogP contribution in [0.25, 0.3) is 0 Å². The van der Waals surface area contributed by atoms with Gasteiger partial charge in [-0.15, -0.1) is 0 Å². The van der Waals surface area contributed by atoms with Crippen LogP contribution < -0.4 is 5.73 Å². The number of pyridine rings is 1. The molecule has 1 saturated carbocycles. The zero-order chi connectivity index (χ0) is 13.2. The molecule has 2 N–H and O–H groups in total. The fraction of sp³-hybridized carbons (Fsp3) is 0.583. The first-order valence-electron chi connectivity index (χ1n) is 6.29. The molecule has 6 heteroatoms. The summed E-state index contributed by atoms with van der Waals surface area (Å²) in [5, 5.41) is 0. The Labute approximate surface area is 108 Å². The molecule has 0 amide bonds. The summed E-state index contributed by atoms with van der Waals surface area (Å²) < 4.78 is 26.7. The third kappa shape index (κ3) is 2.35. The van der Waals surface area contributed by atoms with Gasteiger partial charge in [0.2, 0.25) is 10.0 Å². The SMILES string of the molecule is CCN(C1CCCC1)S(=O)(=O)c1cccnc1N. The standard InChI is InChI=1S/C12H19N3O2S/c1-2-15(10-6-3-4-7-10)18(16,17)11-8-5-9-14-12(11)13/h5,8-10H,2-4,6-7H2,1H3,(H2,13,14). The summed E-state index contributed by atoms with van der Waals surface area (Å²) in [6.07, 6.45) is 5.57. The molecule has 0 saturated heterocycles. The molecule has 1 heterocycles. The molecule has 0 spiro atoms. The van der Waals surface area contributed by atoms with Gasteiger partial charge < -0.3 is 5.73 Å². The number of nitrogens with zero attached hydrogens (tertiary/aromatic N) is 2. The smallest absolute Gasteiger partial charge is 0.246 e. The first kappa shape index (κ1) is 13.3. The van der Waals surface area contributed by atoms with E-state index in [2.05, 4.69) is 4.98 Å². The number of sulfonamides is 1. The topological polar surface area (TPSA) is 76.3 Å². The molecule has 1 fully saturated rings. The second-order valence-electron chi connectivity index (χ2n) is 4.53. The quantitative estimate of drug-likeness (QED) is 0.901. The van der Waals surface area contributed by atoms with Crippen molar-refractivity contribution in [2.45, 2.75) is 43.5 Å². The van der Waals surface area contributed by atoms with Crippen LogP contribution in [0.3, 0.4) is 0 Å². The summed E-state index contributed by atoms with van der Waals surface area (Å²) in [7, 11) is -3.52. The fourth-order valence-electron chi connectivity index (χ4n) is 2.56. The summed E-state index contributed by atoms with van der Waals surface area (Å²) in [6.45, 7) is 2.34. The number of anilines is 1. The molecular weight excluding hydrogens is 250 g/mol. The molecule has 1 aromatic heterocycles. The monoisotopic (exact) mass is 269 g/mol. The Balaban J connectivity index is 2.37. The first-order chi connectivity index (χ1) is 8.57. The summed E-state index contributed by atoms with van der Waals surface area (Å²) in [5.41, 5.74) is 5.68. The van der Waals surface area contributed by atoms with Gasteiger partial charge in [-0.3, -0.25) is 0 Å². The van der Waals surface area contributed by atoms with Gasteiger partial charge in [-0.1, -0.05) is 19.8 Å². The van der Waals surface area contributed by atoms with E-state index in [1.165, 1.54) is 12.3 Å².